The molecule has 3 aromatic rings. The minimum Gasteiger partial charge on any atom is -0.467 e. The molecule has 3 rings (SSSR count). The van der Waals surface area contributed by atoms with Crippen molar-refractivity contribution in [1.82, 2.24) is 19.7 Å². The molecule has 0 radical (unpaired) electrons. The van der Waals surface area contributed by atoms with Crippen molar-refractivity contribution in [3.05, 3.63) is 40.7 Å². The molecule has 0 unspecified atom stereocenters. The van der Waals surface area contributed by atoms with Crippen LogP contribution in [0.4, 0.5) is 5.95 Å². The Morgan fingerprint density at radius 1 is 1.56 bits per heavy atom. The highest BCUT2D eigenvalue weighted by molar-refractivity contribution is 5.74. The Bertz CT molecular complexity index is 726. The van der Waals surface area contributed by atoms with Crippen LogP contribution < -0.4 is 10.9 Å². The molecule has 7 nitrogen and oxygen atoms in total. The first kappa shape index (κ1) is 10.6. The smallest absolute Gasteiger partial charge is 0.263 e. The van der Waals surface area contributed by atoms with Crippen LogP contribution in [0, 0.1) is 0 Å². The van der Waals surface area contributed by atoms with Gasteiger partial charge in [0.2, 0.25) is 5.95 Å². The Kier molecular flexibility index (Phi) is 2.36. The first-order chi connectivity index (χ1) is 8.74. The Morgan fingerprint density at radius 3 is 3.22 bits per heavy atom. The number of fused-ring (bicyclic) bond motifs is 1. The van der Waals surface area contributed by atoms with Gasteiger partial charge < -0.3 is 9.73 Å². The van der Waals surface area contributed by atoms with Crippen LogP contribution in [0.3, 0.4) is 0 Å². The van der Waals surface area contributed by atoms with Crippen molar-refractivity contribution in [3.63, 3.8) is 0 Å². The molecule has 2 N–H and O–H groups in total. The highest BCUT2D eigenvalue weighted by Gasteiger charge is 2.07. The van der Waals surface area contributed by atoms with E-state index in [4.69, 9.17) is 4.42 Å². The van der Waals surface area contributed by atoms with Crippen LogP contribution in [0.1, 0.15) is 5.76 Å². The van der Waals surface area contributed by atoms with Gasteiger partial charge in [-0.15, -0.1) is 0 Å². The summed E-state index contributed by atoms with van der Waals surface area (Å²) in [4.78, 5) is 18.7. The maximum absolute atomic E-state index is 11.8. The third-order valence-electron chi connectivity index (χ3n) is 2.61. The zero-order valence-electron chi connectivity index (χ0n) is 9.67. The number of nitrogens with one attached hydrogen (secondary N) is 2. The van der Waals surface area contributed by atoms with E-state index in [1.807, 2.05) is 6.07 Å². The SMILES string of the molecule is Cn1ncc2c(=O)[nH]c(NCc3ccco3)nc21. The molecule has 0 saturated carbocycles. The van der Waals surface area contributed by atoms with Gasteiger partial charge in [0.05, 0.1) is 19.0 Å². The number of aromatic amines is 1. The summed E-state index contributed by atoms with van der Waals surface area (Å²) in [6.07, 6.45) is 3.09. The number of H-pyrrole nitrogens is 1. The van der Waals surface area contributed by atoms with Crippen molar-refractivity contribution in [2.75, 3.05) is 5.32 Å². The van der Waals surface area contributed by atoms with Gasteiger partial charge in [0.25, 0.3) is 5.56 Å². The summed E-state index contributed by atoms with van der Waals surface area (Å²) in [5.41, 5.74) is 0.329. The van der Waals surface area contributed by atoms with Gasteiger partial charge in [-0.25, -0.2) is 0 Å². The molecule has 0 amide bonds. The van der Waals surface area contributed by atoms with E-state index in [0.29, 0.717) is 23.5 Å². The Balaban J connectivity index is 1.92. The Morgan fingerprint density at radius 2 is 2.44 bits per heavy atom. The van der Waals surface area contributed by atoms with Crippen LogP contribution in [0.15, 0.2) is 33.8 Å². The first-order valence-corrected chi connectivity index (χ1v) is 5.42. The predicted molar refractivity (Wildman–Crippen MR) is 65.2 cm³/mol. The molecule has 7 heteroatoms. The third kappa shape index (κ3) is 1.75. The van der Waals surface area contributed by atoms with Crippen LogP contribution in [0.5, 0.6) is 0 Å². The summed E-state index contributed by atoms with van der Waals surface area (Å²) in [6, 6.07) is 3.64. The maximum atomic E-state index is 11.8. The molecular formula is C11H11N5O2. The van der Waals surface area contributed by atoms with Crippen molar-refractivity contribution in [2.24, 2.45) is 7.05 Å². The van der Waals surface area contributed by atoms with E-state index in [9.17, 15) is 4.79 Å². The van der Waals surface area contributed by atoms with E-state index < -0.39 is 0 Å². The fourth-order valence-corrected chi connectivity index (χ4v) is 1.70. The zero-order chi connectivity index (χ0) is 12.5. The average molecular weight is 245 g/mol. The normalized spacial score (nSPS) is 10.9. The van der Waals surface area contributed by atoms with Gasteiger partial charge in [0.15, 0.2) is 5.65 Å². The molecule has 0 aliphatic heterocycles. The number of nitrogens with zero attached hydrogens (tertiary/aromatic N) is 3. The molecule has 18 heavy (non-hydrogen) atoms. The molecule has 0 aliphatic carbocycles. The van der Waals surface area contributed by atoms with Crippen molar-refractivity contribution in [2.45, 2.75) is 6.54 Å². The second-order valence-electron chi connectivity index (χ2n) is 3.85. The molecule has 92 valence electrons. The summed E-state index contributed by atoms with van der Waals surface area (Å²) >= 11 is 0. The summed E-state index contributed by atoms with van der Waals surface area (Å²) in [5.74, 6) is 1.16. The maximum Gasteiger partial charge on any atom is 0.263 e. The fraction of sp³-hybridized carbons (Fsp3) is 0.182. The summed E-state index contributed by atoms with van der Waals surface area (Å²) in [7, 11) is 1.74. The lowest BCUT2D eigenvalue weighted by molar-refractivity contribution is 0.517. The lowest BCUT2D eigenvalue weighted by Gasteiger charge is -2.03. The second kappa shape index (κ2) is 4.02. The second-order valence-corrected chi connectivity index (χ2v) is 3.85. The molecule has 3 heterocycles. The molecule has 0 atom stereocenters. The van der Waals surface area contributed by atoms with Crippen molar-refractivity contribution >= 4 is 17.0 Å². The number of aryl methyl sites for hydroxylation is 1. The summed E-state index contributed by atoms with van der Waals surface area (Å²) < 4.78 is 6.74. The number of rotatable bonds is 3. The fourth-order valence-electron chi connectivity index (χ4n) is 1.70. The van der Waals surface area contributed by atoms with Gasteiger partial charge in [0.1, 0.15) is 11.1 Å². The van der Waals surface area contributed by atoms with Crippen LogP contribution in [0.25, 0.3) is 11.0 Å². The molecule has 3 aromatic heterocycles. The monoisotopic (exact) mass is 245 g/mol. The number of aromatic nitrogens is 4. The summed E-state index contributed by atoms with van der Waals surface area (Å²) in [5, 5.41) is 7.46. The Labute approximate surface area is 101 Å². The van der Waals surface area contributed by atoms with E-state index in [1.165, 1.54) is 6.20 Å². The van der Waals surface area contributed by atoms with E-state index in [-0.39, 0.29) is 5.56 Å². The van der Waals surface area contributed by atoms with E-state index in [2.05, 4.69) is 20.4 Å². The topological polar surface area (TPSA) is 88.7 Å². The van der Waals surface area contributed by atoms with E-state index in [1.54, 1.807) is 24.1 Å². The van der Waals surface area contributed by atoms with Crippen LogP contribution >= 0.6 is 0 Å². The van der Waals surface area contributed by atoms with Gasteiger partial charge in [-0.3, -0.25) is 14.5 Å². The minimum atomic E-state index is -0.213. The van der Waals surface area contributed by atoms with Crippen molar-refractivity contribution < 1.29 is 4.42 Å². The van der Waals surface area contributed by atoms with Crippen molar-refractivity contribution in [1.29, 1.82) is 0 Å². The first-order valence-electron chi connectivity index (χ1n) is 5.42. The quantitative estimate of drug-likeness (QED) is 0.714. The van der Waals surface area contributed by atoms with Crippen LogP contribution in [-0.2, 0) is 13.6 Å². The highest BCUT2D eigenvalue weighted by atomic mass is 16.3. The van der Waals surface area contributed by atoms with Gasteiger partial charge in [-0.05, 0) is 12.1 Å². The lowest BCUT2D eigenvalue weighted by Crippen LogP contribution is -2.13. The number of hydrogen-bond acceptors (Lipinski definition) is 5. The molecular weight excluding hydrogens is 234 g/mol. The van der Waals surface area contributed by atoms with Gasteiger partial charge in [0, 0.05) is 7.05 Å². The van der Waals surface area contributed by atoms with Gasteiger partial charge >= 0.3 is 0 Å². The molecule has 0 saturated heterocycles. The number of hydrogen-bond donors (Lipinski definition) is 2. The van der Waals surface area contributed by atoms with Gasteiger partial charge in [-0.2, -0.15) is 10.1 Å². The molecule has 0 aromatic carbocycles. The van der Waals surface area contributed by atoms with Crippen LogP contribution in [0.2, 0.25) is 0 Å². The number of anilines is 1. The largest absolute Gasteiger partial charge is 0.467 e. The minimum absolute atomic E-state index is 0.213. The van der Waals surface area contributed by atoms with E-state index in [0.717, 1.165) is 5.76 Å². The summed E-state index contributed by atoms with van der Waals surface area (Å²) in [6.45, 7) is 0.458. The molecule has 0 spiro atoms. The van der Waals surface area contributed by atoms with E-state index >= 15 is 0 Å². The molecule has 0 fully saturated rings. The van der Waals surface area contributed by atoms with Crippen molar-refractivity contribution in [3.8, 4) is 0 Å². The molecule has 0 aliphatic rings. The predicted octanol–water partition coefficient (Wildman–Crippen LogP) is 0.862. The highest BCUT2D eigenvalue weighted by Crippen LogP contribution is 2.08. The zero-order valence-corrected chi connectivity index (χ0v) is 9.67. The van der Waals surface area contributed by atoms with Crippen LogP contribution in [-0.4, -0.2) is 19.7 Å². The third-order valence-corrected chi connectivity index (χ3v) is 2.61. The average Bonchev–Trinajstić information content (AvgIpc) is 2.98. The standard InChI is InChI=1S/C11H11N5O2/c1-16-9-8(6-13-16)10(17)15-11(14-9)12-5-7-3-2-4-18-7/h2-4,6H,5H2,1H3,(H2,12,14,15,17). The number of furan rings is 1. The van der Waals surface area contributed by atoms with Gasteiger partial charge in [-0.1, -0.05) is 0 Å². The molecule has 0 bridgehead atoms. The lowest BCUT2D eigenvalue weighted by atomic mass is 10.4. The Hall–Kier alpha value is -2.57.